The molecule has 0 saturated carbocycles. The average molecular weight is 253 g/mol. The summed E-state index contributed by atoms with van der Waals surface area (Å²) in [7, 11) is 0. The zero-order valence-electron chi connectivity index (χ0n) is 10.5. The van der Waals surface area contributed by atoms with Crippen LogP contribution in [0.5, 0.6) is 0 Å². The van der Waals surface area contributed by atoms with Gasteiger partial charge in [0.2, 0.25) is 0 Å². The molecule has 0 fully saturated rings. The largest absolute Gasteiger partial charge is 0.480 e. The molecule has 3 heteroatoms. The predicted molar refractivity (Wildman–Crippen MR) is 73.8 cm³/mol. The van der Waals surface area contributed by atoms with E-state index in [9.17, 15) is 4.79 Å². The topological polar surface area (TPSA) is 49.3 Å². The fraction of sp³-hybridized carbons (Fsp3) is 0.188. The van der Waals surface area contributed by atoms with Gasteiger partial charge in [-0.1, -0.05) is 42.5 Å². The molecular weight excluding hydrogens is 238 g/mol. The van der Waals surface area contributed by atoms with Crippen molar-refractivity contribution in [2.75, 3.05) is 0 Å². The minimum Gasteiger partial charge on any atom is -0.480 e. The maximum Gasteiger partial charge on any atom is 0.321 e. The molecule has 1 aliphatic heterocycles. The Labute approximate surface area is 111 Å². The van der Waals surface area contributed by atoms with Gasteiger partial charge < -0.3 is 10.4 Å². The Morgan fingerprint density at radius 3 is 2.58 bits per heavy atom. The van der Waals surface area contributed by atoms with Crippen molar-refractivity contribution in [2.45, 2.75) is 19.0 Å². The van der Waals surface area contributed by atoms with Gasteiger partial charge in [-0.15, -0.1) is 0 Å². The van der Waals surface area contributed by atoms with E-state index in [0.29, 0.717) is 13.0 Å². The van der Waals surface area contributed by atoms with Crippen LogP contribution in [0.4, 0.5) is 0 Å². The molecule has 19 heavy (non-hydrogen) atoms. The zero-order valence-corrected chi connectivity index (χ0v) is 10.5. The highest BCUT2D eigenvalue weighted by molar-refractivity contribution is 5.75. The molecule has 0 bridgehead atoms. The Balaban J connectivity index is 1.92. The molecular formula is C16H15NO2. The lowest BCUT2D eigenvalue weighted by Gasteiger charge is -2.23. The lowest BCUT2D eigenvalue weighted by atomic mass is 9.92. The van der Waals surface area contributed by atoms with Gasteiger partial charge in [0, 0.05) is 6.54 Å². The SMILES string of the molecule is O=C(O)[C@H]1Cc2ccc(-c3ccccc3)cc2CN1. The van der Waals surface area contributed by atoms with Crippen molar-refractivity contribution < 1.29 is 9.90 Å². The quantitative estimate of drug-likeness (QED) is 0.864. The number of carboxylic acids is 1. The van der Waals surface area contributed by atoms with E-state index in [4.69, 9.17) is 5.11 Å². The Bertz CT molecular complexity index is 607. The van der Waals surface area contributed by atoms with Crippen molar-refractivity contribution in [1.82, 2.24) is 5.32 Å². The van der Waals surface area contributed by atoms with Crippen molar-refractivity contribution >= 4 is 5.97 Å². The molecule has 0 saturated heterocycles. The molecule has 1 aliphatic rings. The molecule has 3 nitrogen and oxygen atoms in total. The first-order valence-corrected chi connectivity index (χ1v) is 6.37. The summed E-state index contributed by atoms with van der Waals surface area (Å²) in [6, 6.07) is 16.0. The molecule has 0 radical (unpaired) electrons. The fourth-order valence-electron chi connectivity index (χ4n) is 2.50. The molecule has 96 valence electrons. The molecule has 0 aromatic heterocycles. The first kappa shape index (κ1) is 11.9. The summed E-state index contributed by atoms with van der Waals surface area (Å²) in [4.78, 5) is 11.0. The number of carbonyl (C=O) groups is 1. The molecule has 2 N–H and O–H groups in total. The smallest absolute Gasteiger partial charge is 0.321 e. The summed E-state index contributed by atoms with van der Waals surface area (Å²) in [5, 5.41) is 12.1. The van der Waals surface area contributed by atoms with Crippen molar-refractivity contribution in [1.29, 1.82) is 0 Å². The average Bonchev–Trinajstić information content (AvgIpc) is 2.47. The van der Waals surface area contributed by atoms with Gasteiger partial charge in [-0.3, -0.25) is 4.79 Å². The lowest BCUT2D eigenvalue weighted by molar-refractivity contribution is -0.139. The summed E-state index contributed by atoms with van der Waals surface area (Å²) in [6.07, 6.45) is 0.555. The van der Waals surface area contributed by atoms with E-state index in [1.54, 1.807) is 0 Å². The lowest BCUT2D eigenvalue weighted by Crippen LogP contribution is -2.41. The maximum atomic E-state index is 11.0. The fourth-order valence-corrected chi connectivity index (χ4v) is 2.50. The van der Waals surface area contributed by atoms with Gasteiger partial charge in [-0.25, -0.2) is 0 Å². The molecule has 0 aliphatic carbocycles. The minimum absolute atomic E-state index is 0.463. The van der Waals surface area contributed by atoms with E-state index in [1.807, 2.05) is 18.2 Å². The van der Waals surface area contributed by atoms with E-state index in [0.717, 1.165) is 5.56 Å². The van der Waals surface area contributed by atoms with Crippen molar-refractivity contribution in [3.63, 3.8) is 0 Å². The Morgan fingerprint density at radius 1 is 1.05 bits per heavy atom. The Hall–Kier alpha value is -2.13. The molecule has 0 unspecified atom stereocenters. The van der Waals surface area contributed by atoms with E-state index in [1.165, 1.54) is 16.7 Å². The molecule has 2 aromatic carbocycles. The summed E-state index contributed by atoms with van der Waals surface area (Å²) >= 11 is 0. The molecule has 0 amide bonds. The van der Waals surface area contributed by atoms with Crippen molar-refractivity contribution in [3.05, 3.63) is 59.7 Å². The van der Waals surface area contributed by atoms with E-state index >= 15 is 0 Å². The molecule has 3 rings (SSSR count). The van der Waals surface area contributed by atoms with Gasteiger partial charge in [-0.2, -0.15) is 0 Å². The van der Waals surface area contributed by atoms with Crippen LogP contribution in [0, 0.1) is 0 Å². The highest BCUT2D eigenvalue weighted by Gasteiger charge is 2.23. The first-order valence-electron chi connectivity index (χ1n) is 6.37. The van der Waals surface area contributed by atoms with Crippen LogP contribution in [0.3, 0.4) is 0 Å². The van der Waals surface area contributed by atoms with Crippen LogP contribution in [-0.4, -0.2) is 17.1 Å². The van der Waals surface area contributed by atoms with Crippen LogP contribution >= 0.6 is 0 Å². The second-order valence-corrected chi connectivity index (χ2v) is 4.83. The van der Waals surface area contributed by atoms with Crippen LogP contribution in [0.1, 0.15) is 11.1 Å². The highest BCUT2D eigenvalue weighted by Crippen LogP contribution is 2.25. The van der Waals surface area contributed by atoms with Crippen LogP contribution in [-0.2, 0) is 17.8 Å². The number of aliphatic carboxylic acids is 1. The van der Waals surface area contributed by atoms with Crippen LogP contribution in [0.15, 0.2) is 48.5 Å². The third kappa shape index (κ3) is 2.37. The monoisotopic (exact) mass is 253 g/mol. The number of nitrogens with one attached hydrogen (secondary N) is 1. The van der Waals surface area contributed by atoms with Gasteiger partial charge >= 0.3 is 5.97 Å². The second-order valence-electron chi connectivity index (χ2n) is 4.83. The zero-order chi connectivity index (χ0) is 13.2. The summed E-state index contributed by atoms with van der Waals surface area (Å²) < 4.78 is 0. The van der Waals surface area contributed by atoms with Crippen LogP contribution in [0.2, 0.25) is 0 Å². The van der Waals surface area contributed by atoms with Gasteiger partial charge in [0.25, 0.3) is 0 Å². The number of benzene rings is 2. The van der Waals surface area contributed by atoms with Crippen LogP contribution in [0.25, 0.3) is 11.1 Å². The van der Waals surface area contributed by atoms with E-state index in [-0.39, 0.29) is 0 Å². The number of fused-ring (bicyclic) bond motifs is 1. The number of hydrogen-bond donors (Lipinski definition) is 2. The third-order valence-electron chi connectivity index (χ3n) is 3.57. The van der Waals surface area contributed by atoms with E-state index < -0.39 is 12.0 Å². The molecule has 2 aromatic rings. The number of hydrogen-bond acceptors (Lipinski definition) is 2. The predicted octanol–water partition coefficient (Wildman–Crippen LogP) is 2.45. The van der Waals surface area contributed by atoms with Crippen molar-refractivity contribution in [2.24, 2.45) is 0 Å². The van der Waals surface area contributed by atoms with Gasteiger partial charge in [0.05, 0.1) is 0 Å². The standard InChI is InChI=1S/C16H15NO2/c18-16(19)15-9-13-7-6-12(8-14(13)10-17-15)11-4-2-1-3-5-11/h1-8,15,17H,9-10H2,(H,18,19)/t15-/m1/s1. The Morgan fingerprint density at radius 2 is 1.84 bits per heavy atom. The molecule has 1 heterocycles. The van der Waals surface area contributed by atoms with Gasteiger partial charge in [-0.05, 0) is 34.7 Å². The van der Waals surface area contributed by atoms with Crippen LogP contribution < -0.4 is 5.32 Å². The third-order valence-corrected chi connectivity index (χ3v) is 3.57. The number of carboxylic acid groups (broad SMARTS) is 1. The van der Waals surface area contributed by atoms with Crippen molar-refractivity contribution in [3.8, 4) is 11.1 Å². The van der Waals surface area contributed by atoms with Gasteiger partial charge in [0.15, 0.2) is 0 Å². The highest BCUT2D eigenvalue weighted by atomic mass is 16.4. The number of rotatable bonds is 2. The normalized spacial score (nSPS) is 17.8. The minimum atomic E-state index is -0.780. The second kappa shape index (κ2) is 4.86. The maximum absolute atomic E-state index is 11.0. The molecule has 1 atom stereocenters. The summed E-state index contributed by atoms with van der Waals surface area (Å²) in [6.45, 7) is 0.618. The summed E-state index contributed by atoms with van der Waals surface area (Å²) in [5.41, 5.74) is 4.69. The first-order chi connectivity index (χ1) is 9.24. The Kier molecular flexibility index (Phi) is 3.05. The van der Waals surface area contributed by atoms with Gasteiger partial charge in [0.1, 0.15) is 6.04 Å². The molecule has 0 spiro atoms. The van der Waals surface area contributed by atoms with E-state index in [2.05, 4.69) is 35.6 Å². The summed E-state index contributed by atoms with van der Waals surface area (Å²) in [5.74, 6) is -0.780.